The molecule has 0 spiro atoms. The zero-order chi connectivity index (χ0) is 7.82. The van der Waals surface area contributed by atoms with Gasteiger partial charge in [-0.1, -0.05) is 6.92 Å². The molecule has 2 nitrogen and oxygen atoms in total. The predicted molar refractivity (Wildman–Crippen MR) is 46.0 cm³/mol. The second kappa shape index (κ2) is 7.03. The molecule has 0 aliphatic rings. The molecule has 0 aliphatic carbocycles. The maximum Gasteiger partial charge on any atom is 0.00679 e. The van der Waals surface area contributed by atoms with Gasteiger partial charge in [0.05, 0.1) is 0 Å². The van der Waals surface area contributed by atoms with Crippen LogP contribution in [-0.4, -0.2) is 26.2 Å². The highest BCUT2D eigenvalue weighted by Crippen LogP contribution is 1.93. The molecule has 1 atom stereocenters. The SMILES string of the molecule is [CH2]C(CCCNC)NCC. The smallest absolute Gasteiger partial charge is 0.00679 e. The molecular weight excluding hydrogens is 124 g/mol. The van der Waals surface area contributed by atoms with E-state index in [2.05, 4.69) is 24.5 Å². The van der Waals surface area contributed by atoms with Gasteiger partial charge in [-0.25, -0.2) is 0 Å². The Morgan fingerprint density at radius 3 is 2.70 bits per heavy atom. The van der Waals surface area contributed by atoms with Crippen LogP contribution >= 0.6 is 0 Å². The zero-order valence-corrected chi connectivity index (χ0v) is 7.11. The molecule has 0 saturated carbocycles. The topological polar surface area (TPSA) is 24.1 Å². The minimum Gasteiger partial charge on any atom is -0.320 e. The van der Waals surface area contributed by atoms with Crippen LogP contribution in [0.2, 0.25) is 0 Å². The Labute approximate surface area is 64.4 Å². The normalized spacial score (nSPS) is 13.5. The van der Waals surface area contributed by atoms with Gasteiger partial charge in [-0.2, -0.15) is 0 Å². The van der Waals surface area contributed by atoms with Crippen molar-refractivity contribution >= 4 is 0 Å². The molecule has 0 aromatic rings. The molecule has 0 rings (SSSR count). The summed E-state index contributed by atoms with van der Waals surface area (Å²) in [6, 6.07) is 0.429. The van der Waals surface area contributed by atoms with Crippen LogP contribution in [0.4, 0.5) is 0 Å². The highest BCUT2D eigenvalue weighted by molar-refractivity contribution is 4.67. The molecule has 1 radical (unpaired) electrons. The van der Waals surface area contributed by atoms with Crippen molar-refractivity contribution in [1.82, 2.24) is 10.6 Å². The number of hydrogen-bond acceptors (Lipinski definition) is 2. The van der Waals surface area contributed by atoms with Crippen LogP contribution in [0.25, 0.3) is 0 Å². The average Bonchev–Trinajstić information content (AvgIpc) is 1.89. The Hall–Kier alpha value is -0.0800. The molecule has 0 amide bonds. The molecule has 0 fully saturated rings. The van der Waals surface area contributed by atoms with Gasteiger partial charge < -0.3 is 10.6 Å². The van der Waals surface area contributed by atoms with Gasteiger partial charge in [0.1, 0.15) is 0 Å². The molecule has 1 unspecified atom stereocenters. The van der Waals surface area contributed by atoms with Crippen LogP contribution in [0.3, 0.4) is 0 Å². The lowest BCUT2D eigenvalue weighted by atomic mass is 10.2. The van der Waals surface area contributed by atoms with Gasteiger partial charge >= 0.3 is 0 Å². The van der Waals surface area contributed by atoms with Gasteiger partial charge in [-0.05, 0) is 39.9 Å². The molecule has 0 saturated heterocycles. The van der Waals surface area contributed by atoms with E-state index in [0.717, 1.165) is 19.5 Å². The van der Waals surface area contributed by atoms with Gasteiger partial charge in [0, 0.05) is 6.04 Å². The van der Waals surface area contributed by atoms with Gasteiger partial charge in [0.2, 0.25) is 0 Å². The van der Waals surface area contributed by atoms with E-state index in [0.29, 0.717) is 6.04 Å². The minimum atomic E-state index is 0.429. The van der Waals surface area contributed by atoms with Crippen LogP contribution in [0.15, 0.2) is 0 Å². The summed E-state index contributed by atoms with van der Waals surface area (Å²) in [6.45, 7) is 8.18. The van der Waals surface area contributed by atoms with Crippen LogP contribution in [0.5, 0.6) is 0 Å². The third kappa shape index (κ3) is 6.05. The fourth-order valence-electron chi connectivity index (χ4n) is 0.916. The van der Waals surface area contributed by atoms with Crippen molar-refractivity contribution in [2.45, 2.75) is 25.8 Å². The summed E-state index contributed by atoms with van der Waals surface area (Å²) in [7, 11) is 1.98. The zero-order valence-electron chi connectivity index (χ0n) is 7.11. The molecule has 0 aromatic carbocycles. The maximum atomic E-state index is 3.96. The van der Waals surface area contributed by atoms with Gasteiger partial charge in [-0.15, -0.1) is 0 Å². The van der Waals surface area contributed by atoms with E-state index in [9.17, 15) is 0 Å². The Balaban J connectivity index is 2.97. The molecular formula is C8H19N2. The van der Waals surface area contributed by atoms with Crippen molar-refractivity contribution in [3.05, 3.63) is 6.92 Å². The lowest BCUT2D eigenvalue weighted by molar-refractivity contribution is 0.540. The summed E-state index contributed by atoms with van der Waals surface area (Å²) in [5.74, 6) is 0. The fourth-order valence-corrected chi connectivity index (χ4v) is 0.916. The molecule has 2 heteroatoms. The molecule has 0 bridgehead atoms. The van der Waals surface area contributed by atoms with Crippen molar-refractivity contribution in [2.24, 2.45) is 0 Å². The van der Waals surface area contributed by atoms with E-state index in [1.54, 1.807) is 0 Å². The minimum absolute atomic E-state index is 0.429. The van der Waals surface area contributed by atoms with Crippen molar-refractivity contribution < 1.29 is 0 Å². The maximum absolute atomic E-state index is 3.96. The van der Waals surface area contributed by atoms with Gasteiger partial charge in [0.25, 0.3) is 0 Å². The highest BCUT2D eigenvalue weighted by atomic mass is 14.9. The largest absolute Gasteiger partial charge is 0.320 e. The summed E-state index contributed by atoms with van der Waals surface area (Å²) in [5, 5.41) is 6.38. The van der Waals surface area contributed by atoms with E-state index >= 15 is 0 Å². The average molecular weight is 143 g/mol. The Bertz CT molecular complexity index is 64.3. The quantitative estimate of drug-likeness (QED) is 0.537. The van der Waals surface area contributed by atoms with Crippen LogP contribution in [-0.2, 0) is 0 Å². The second-order valence-electron chi connectivity index (χ2n) is 2.50. The van der Waals surface area contributed by atoms with Crippen LogP contribution < -0.4 is 10.6 Å². The van der Waals surface area contributed by atoms with Crippen LogP contribution in [0.1, 0.15) is 19.8 Å². The Kier molecular flexibility index (Phi) is 6.98. The van der Waals surface area contributed by atoms with E-state index in [1.165, 1.54) is 6.42 Å². The summed E-state index contributed by atoms with van der Waals surface area (Å²) < 4.78 is 0. The number of rotatable bonds is 6. The van der Waals surface area contributed by atoms with E-state index in [-0.39, 0.29) is 0 Å². The lowest BCUT2D eigenvalue weighted by Gasteiger charge is -2.10. The standard InChI is InChI=1S/C8H19N2/c1-4-10-8(2)6-5-7-9-3/h8-10H,2,4-7H2,1,3H3. The summed E-state index contributed by atoms with van der Waals surface area (Å²) in [6.07, 6.45) is 2.37. The lowest BCUT2D eigenvalue weighted by Crippen LogP contribution is -2.26. The molecule has 0 heterocycles. The van der Waals surface area contributed by atoms with Crippen molar-refractivity contribution in [3.8, 4) is 0 Å². The summed E-state index contributed by atoms with van der Waals surface area (Å²) in [4.78, 5) is 0. The van der Waals surface area contributed by atoms with Gasteiger partial charge in [-0.3, -0.25) is 0 Å². The Morgan fingerprint density at radius 2 is 2.20 bits per heavy atom. The van der Waals surface area contributed by atoms with Crippen molar-refractivity contribution in [3.63, 3.8) is 0 Å². The fraction of sp³-hybridized carbons (Fsp3) is 0.875. The summed E-state index contributed by atoms with van der Waals surface area (Å²) >= 11 is 0. The van der Waals surface area contributed by atoms with Crippen molar-refractivity contribution in [2.75, 3.05) is 20.1 Å². The number of hydrogen-bond donors (Lipinski definition) is 2. The molecule has 0 aliphatic heterocycles. The van der Waals surface area contributed by atoms with E-state index in [1.807, 2.05) is 7.05 Å². The molecule has 2 N–H and O–H groups in total. The van der Waals surface area contributed by atoms with E-state index < -0.39 is 0 Å². The molecule has 10 heavy (non-hydrogen) atoms. The first-order valence-corrected chi connectivity index (χ1v) is 4.02. The van der Waals surface area contributed by atoms with Gasteiger partial charge in [0.15, 0.2) is 0 Å². The number of nitrogens with one attached hydrogen (secondary N) is 2. The first-order chi connectivity index (χ1) is 4.81. The van der Waals surface area contributed by atoms with E-state index in [4.69, 9.17) is 0 Å². The molecule has 0 aromatic heterocycles. The third-order valence-electron chi connectivity index (χ3n) is 1.47. The third-order valence-corrected chi connectivity index (χ3v) is 1.47. The first-order valence-electron chi connectivity index (χ1n) is 4.02. The predicted octanol–water partition coefficient (Wildman–Crippen LogP) is 0.798. The first kappa shape index (κ1) is 9.92. The highest BCUT2D eigenvalue weighted by Gasteiger charge is 1.96. The Morgan fingerprint density at radius 1 is 1.50 bits per heavy atom. The monoisotopic (exact) mass is 143 g/mol. The van der Waals surface area contributed by atoms with Crippen LogP contribution in [0, 0.1) is 6.92 Å². The second-order valence-corrected chi connectivity index (χ2v) is 2.50. The summed E-state index contributed by atoms with van der Waals surface area (Å²) in [5.41, 5.74) is 0. The van der Waals surface area contributed by atoms with Crippen molar-refractivity contribution in [1.29, 1.82) is 0 Å². The molecule has 61 valence electrons.